The molecule has 1 aliphatic heterocycles. The summed E-state index contributed by atoms with van der Waals surface area (Å²) >= 11 is 0. The van der Waals surface area contributed by atoms with Crippen LogP contribution in [-0.4, -0.2) is 69.9 Å². The standard InChI is InChI=1S/C16H22N2O6S/c1-24-9-8-17(11-15(19)20)16(21)13-5-6-14-12(10-13)4-3-7-18(14)25(2,22)23/h5-6,10H,3-4,7-9,11H2,1-2H3,(H,19,20). The number of carbonyl (C=O) groups is 2. The van der Waals surface area contributed by atoms with E-state index < -0.39 is 28.4 Å². The zero-order chi connectivity index (χ0) is 18.6. The second kappa shape index (κ2) is 7.83. The van der Waals surface area contributed by atoms with Gasteiger partial charge < -0.3 is 14.7 Å². The second-order valence-electron chi connectivity index (χ2n) is 5.90. The van der Waals surface area contributed by atoms with Crippen molar-refractivity contribution in [3.05, 3.63) is 29.3 Å². The van der Waals surface area contributed by atoms with Crippen molar-refractivity contribution in [1.82, 2.24) is 4.90 Å². The van der Waals surface area contributed by atoms with E-state index >= 15 is 0 Å². The van der Waals surface area contributed by atoms with Crippen LogP contribution in [0.3, 0.4) is 0 Å². The first-order valence-corrected chi connectivity index (χ1v) is 9.69. The number of carboxylic acids is 1. The number of carbonyl (C=O) groups excluding carboxylic acids is 1. The van der Waals surface area contributed by atoms with Crippen molar-refractivity contribution in [3.8, 4) is 0 Å². The van der Waals surface area contributed by atoms with Crippen molar-refractivity contribution in [3.63, 3.8) is 0 Å². The number of rotatable bonds is 7. The number of amides is 1. The molecular formula is C16H22N2O6S. The molecule has 2 rings (SSSR count). The van der Waals surface area contributed by atoms with E-state index in [1.165, 1.54) is 22.4 Å². The Labute approximate surface area is 147 Å². The van der Waals surface area contributed by atoms with E-state index in [-0.39, 0.29) is 13.2 Å². The van der Waals surface area contributed by atoms with E-state index in [1.54, 1.807) is 12.1 Å². The fraction of sp³-hybridized carbons (Fsp3) is 0.500. The van der Waals surface area contributed by atoms with Gasteiger partial charge in [0.05, 0.1) is 18.6 Å². The molecular weight excluding hydrogens is 348 g/mol. The Kier molecular flexibility index (Phi) is 6.02. The van der Waals surface area contributed by atoms with Crippen LogP contribution in [0.1, 0.15) is 22.3 Å². The van der Waals surface area contributed by atoms with Crippen molar-refractivity contribution in [2.75, 3.05) is 43.9 Å². The summed E-state index contributed by atoms with van der Waals surface area (Å²) in [6.07, 6.45) is 2.49. The molecule has 8 nitrogen and oxygen atoms in total. The summed E-state index contributed by atoms with van der Waals surface area (Å²) in [6, 6.07) is 4.79. The highest BCUT2D eigenvalue weighted by atomic mass is 32.2. The number of carboxylic acid groups (broad SMARTS) is 1. The molecule has 0 spiro atoms. The summed E-state index contributed by atoms with van der Waals surface area (Å²) in [6.45, 7) is 0.382. The number of hydrogen-bond donors (Lipinski definition) is 1. The van der Waals surface area contributed by atoms with Crippen molar-refractivity contribution in [2.45, 2.75) is 12.8 Å². The van der Waals surface area contributed by atoms with Gasteiger partial charge in [0.2, 0.25) is 10.0 Å². The van der Waals surface area contributed by atoms with E-state index in [2.05, 4.69) is 0 Å². The number of nitrogens with zero attached hydrogens (tertiary/aromatic N) is 2. The highest BCUT2D eigenvalue weighted by molar-refractivity contribution is 7.92. The van der Waals surface area contributed by atoms with Gasteiger partial charge in [-0.2, -0.15) is 0 Å². The van der Waals surface area contributed by atoms with Crippen LogP contribution in [0.2, 0.25) is 0 Å². The Morgan fingerprint density at radius 2 is 2.08 bits per heavy atom. The van der Waals surface area contributed by atoms with Crippen molar-refractivity contribution < 1.29 is 27.9 Å². The molecule has 1 aromatic carbocycles. The second-order valence-corrected chi connectivity index (χ2v) is 7.80. The lowest BCUT2D eigenvalue weighted by Gasteiger charge is -2.30. The number of aliphatic carboxylic acids is 1. The Hall–Kier alpha value is -2.13. The molecule has 25 heavy (non-hydrogen) atoms. The summed E-state index contributed by atoms with van der Waals surface area (Å²) in [5.41, 5.74) is 1.68. The van der Waals surface area contributed by atoms with Gasteiger partial charge in [-0.15, -0.1) is 0 Å². The molecule has 9 heteroatoms. The highest BCUT2D eigenvalue weighted by Crippen LogP contribution is 2.30. The Balaban J connectivity index is 2.30. The van der Waals surface area contributed by atoms with Crippen molar-refractivity contribution in [2.24, 2.45) is 0 Å². The zero-order valence-corrected chi connectivity index (χ0v) is 15.1. The normalized spacial score (nSPS) is 14.1. The Bertz CT molecular complexity index is 762. The zero-order valence-electron chi connectivity index (χ0n) is 14.3. The maximum absolute atomic E-state index is 12.6. The third kappa shape index (κ3) is 4.70. The number of methoxy groups -OCH3 is 1. The molecule has 0 bridgehead atoms. The quantitative estimate of drug-likeness (QED) is 0.753. The smallest absolute Gasteiger partial charge is 0.323 e. The first-order chi connectivity index (χ1) is 11.7. The summed E-state index contributed by atoms with van der Waals surface area (Å²) in [4.78, 5) is 24.8. The lowest BCUT2D eigenvalue weighted by atomic mass is 10.00. The molecule has 1 N–H and O–H groups in total. The van der Waals surface area contributed by atoms with Crippen LogP contribution >= 0.6 is 0 Å². The number of hydrogen-bond acceptors (Lipinski definition) is 5. The first-order valence-electron chi connectivity index (χ1n) is 7.84. The van der Waals surface area contributed by atoms with Crippen LogP contribution in [0.5, 0.6) is 0 Å². The van der Waals surface area contributed by atoms with Crippen LogP contribution in [0.15, 0.2) is 18.2 Å². The third-order valence-electron chi connectivity index (χ3n) is 3.98. The molecule has 1 aromatic rings. The molecule has 0 fully saturated rings. The molecule has 0 atom stereocenters. The molecule has 0 unspecified atom stereocenters. The molecule has 0 aliphatic carbocycles. The van der Waals surface area contributed by atoms with Crippen LogP contribution in [0.4, 0.5) is 5.69 Å². The molecule has 0 saturated carbocycles. The topological polar surface area (TPSA) is 104 Å². The fourth-order valence-electron chi connectivity index (χ4n) is 2.84. The SMILES string of the molecule is COCCN(CC(=O)O)C(=O)c1ccc2c(c1)CCCN2S(C)(=O)=O. The highest BCUT2D eigenvalue weighted by Gasteiger charge is 2.26. The molecule has 1 heterocycles. The van der Waals surface area contributed by atoms with E-state index in [0.717, 1.165) is 11.8 Å². The van der Waals surface area contributed by atoms with E-state index in [4.69, 9.17) is 9.84 Å². The van der Waals surface area contributed by atoms with Gasteiger partial charge in [0.15, 0.2) is 0 Å². The van der Waals surface area contributed by atoms with Crippen molar-refractivity contribution in [1.29, 1.82) is 0 Å². The predicted molar refractivity (Wildman–Crippen MR) is 92.4 cm³/mol. The first kappa shape index (κ1) is 19.2. The number of sulfonamides is 1. The minimum Gasteiger partial charge on any atom is -0.480 e. The number of anilines is 1. The molecule has 1 aliphatic rings. The van der Waals surface area contributed by atoms with Gasteiger partial charge in [0.1, 0.15) is 6.54 Å². The summed E-state index contributed by atoms with van der Waals surface area (Å²) in [5.74, 6) is -1.52. The van der Waals surface area contributed by atoms with Crippen LogP contribution in [-0.2, 0) is 26.0 Å². The average molecular weight is 370 g/mol. The van der Waals surface area contributed by atoms with Gasteiger partial charge >= 0.3 is 5.97 Å². The number of aryl methyl sites for hydroxylation is 1. The van der Waals surface area contributed by atoms with Gasteiger partial charge in [-0.05, 0) is 36.6 Å². The lowest BCUT2D eigenvalue weighted by Crippen LogP contribution is -2.38. The molecule has 0 aromatic heterocycles. The number of fused-ring (bicyclic) bond motifs is 1. The van der Waals surface area contributed by atoms with Gasteiger partial charge in [0.25, 0.3) is 5.91 Å². The predicted octanol–water partition coefficient (Wildman–Crippen LogP) is 0.572. The summed E-state index contributed by atoms with van der Waals surface area (Å²) in [5, 5.41) is 8.99. The summed E-state index contributed by atoms with van der Waals surface area (Å²) < 4.78 is 30.0. The third-order valence-corrected chi connectivity index (χ3v) is 5.16. The van der Waals surface area contributed by atoms with Crippen LogP contribution in [0, 0.1) is 0 Å². The largest absolute Gasteiger partial charge is 0.480 e. The van der Waals surface area contributed by atoms with Gasteiger partial charge in [-0.25, -0.2) is 8.42 Å². The maximum atomic E-state index is 12.6. The lowest BCUT2D eigenvalue weighted by molar-refractivity contribution is -0.137. The van der Waals surface area contributed by atoms with Crippen molar-refractivity contribution >= 4 is 27.6 Å². The Morgan fingerprint density at radius 3 is 2.68 bits per heavy atom. The van der Waals surface area contributed by atoms with Gasteiger partial charge in [-0.3, -0.25) is 13.9 Å². The Morgan fingerprint density at radius 1 is 1.36 bits per heavy atom. The van der Waals surface area contributed by atoms with E-state index in [0.29, 0.717) is 30.6 Å². The monoisotopic (exact) mass is 370 g/mol. The van der Waals surface area contributed by atoms with E-state index in [1.807, 2.05) is 0 Å². The molecule has 138 valence electrons. The number of ether oxygens (including phenoxy) is 1. The maximum Gasteiger partial charge on any atom is 0.323 e. The van der Waals surface area contributed by atoms with E-state index in [9.17, 15) is 18.0 Å². The van der Waals surface area contributed by atoms with Gasteiger partial charge in [0, 0.05) is 25.8 Å². The average Bonchev–Trinajstić information content (AvgIpc) is 2.55. The molecule has 0 saturated heterocycles. The van der Waals surface area contributed by atoms with Crippen LogP contribution in [0.25, 0.3) is 0 Å². The fourth-order valence-corrected chi connectivity index (χ4v) is 3.84. The van der Waals surface area contributed by atoms with Crippen LogP contribution < -0.4 is 4.31 Å². The molecule has 0 radical (unpaired) electrons. The van der Waals surface area contributed by atoms with Gasteiger partial charge in [-0.1, -0.05) is 0 Å². The minimum absolute atomic E-state index is 0.161. The number of benzene rings is 1. The molecule has 1 amide bonds. The summed E-state index contributed by atoms with van der Waals surface area (Å²) in [7, 11) is -1.90. The minimum atomic E-state index is -3.37.